The lowest BCUT2D eigenvalue weighted by Gasteiger charge is -2.27. The molecule has 3 atom stereocenters. The van der Waals surface area contributed by atoms with E-state index in [1.54, 1.807) is 0 Å². The van der Waals surface area contributed by atoms with Crippen molar-refractivity contribution in [2.75, 3.05) is 20.3 Å². The Kier molecular flexibility index (Phi) is 3.03. The van der Waals surface area contributed by atoms with Crippen molar-refractivity contribution in [3.8, 4) is 0 Å². The maximum absolute atomic E-state index is 9.42. The Balaban J connectivity index is 2.65. The molecule has 1 aliphatic heterocycles. The molecule has 5 heteroatoms. The average Bonchev–Trinajstić information content (AvgIpc) is 2.43. The van der Waals surface area contributed by atoms with Gasteiger partial charge in [-0.1, -0.05) is 0 Å². The highest BCUT2D eigenvalue weighted by Crippen LogP contribution is 2.30. The van der Waals surface area contributed by atoms with Crippen molar-refractivity contribution in [1.29, 1.82) is 0 Å². The van der Waals surface area contributed by atoms with Crippen molar-refractivity contribution < 1.29 is 24.8 Å². The Hall–Kier alpha value is -0.200. The van der Waals surface area contributed by atoms with Crippen LogP contribution in [0.1, 0.15) is 6.42 Å². The maximum atomic E-state index is 9.42. The molecule has 0 aromatic rings. The third-order valence-corrected chi connectivity index (χ3v) is 2.13. The molecule has 0 amide bonds. The van der Waals surface area contributed by atoms with Crippen LogP contribution in [0, 0.1) is 0 Å². The van der Waals surface area contributed by atoms with E-state index < -0.39 is 24.6 Å². The zero-order valence-corrected chi connectivity index (χ0v) is 6.93. The summed E-state index contributed by atoms with van der Waals surface area (Å²) in [5, 5.41) is 27.1. The van der Waals surface area contributed by atoms with Crippen molar-refractivity contribution >= 4 is 0 Å². The first-order valence-electron chi connectivity index (χ1n) is 3.81. The summed E-state index contributed by atoms with van der Waals surface area (Å²) in [6, 6.07) is 0. The summed E-state index contributed by atoms with van der Waals surface area (Å²) in [7, 11) is 1.35. The van der Waals surface area contributed by atoms with Gasteiger partial charge in [0.2, 0.25) is 5.79 Å². The van der Waals surface area contributed by atoms with E-state index >= 15 is 0 Å². The Morgan fingerprint density at radius 2 is 2.25 bits per heavy atom. The summed E-state index contributed by atoms with van der Waals surface area (Å²) < 4.78 is 10.00. The van der Waals surface area contributed by atoms with E-state index in [1.807, 2.05) is 0 Å². The maximum Gasteiger partial charge on any atom is 0.218 e. The Morgan fingerprint density at radius 3 is 2.50 bits per heavy atom. The molecule has 72 valence electrons. The second kappa shape index (κ2) is 3.68. The summed E-state index contributed by atoms with van der Waals surface area (Å²) in [6.45, 7) is -0.594. The molecule has 1 fully saturated rings. The number of aliphatic hydroxyl groups excluding tert-OH is 3. The lowest BCUT2D eigenvalue weighted by molar-refractivity contribution is -0.263. The fourth-order valence-electron chi connectivity index (χ4n) is 1.34. The first-order valence-corrected chi connectivity index (χ1v) is 3.81. The summed E-state index contributed by atoms with van der Waals surface area (Å²) in [4.78, 5) is 0. The van der Waals surface area contributed by atoms with Gasteiger partial charge in [0.15, 0.2) is 0 Å². The zero-order chi connectivity index (χ0) is 9.19. The summed E-state index contributed by atoms with van der Waals surface area (Å²) in [5.74, 6) is -1.34. The first kappa shape index (κ1) is 9.88. The van der Waals surface area contributed by atoms with E-state index in [4.69, 9.17) is 19.7 Å². The van der Waals surface area contributed by atoms with Crippen LogP contribution in [0.25, 0.3) is 0 Å². The number of hydrogen-bond acceptors (Lipinski definition) is 5. The first-order chi connectivity index (χ1) is 5.68. The van der Waals surface area contributed by atoms with E-state index in [2.05, 4.69) is 0 Å². The standard InChI is InChI=1S/C7H14O5/c1-11-7(4-9)6(10)2-5(3-8)12-7/h5-6,8-10H,2-4H2,1H3/t5-,6-,7-/m0/s1. The van der Waals surface area contributed by atoms with E-state index in [1.165, 1.54) is 7.11 Å². The van der Waals surface area contributed by atoms with Crippen LogP contribution in [0.5, 0.6) is 0 Å². The van der Waals surface area contributed by atoms with Crippen LogP contribution in [0.2, 0.25) is 0 Å². The van der Waals surface area contributed by atoms with E-state index in [9.17, 15) is 5.11 Å². The topological polar surface area (TPSA) is 79.2 Å². The number of methoxy groups -OCH3 is 1. The lowest BCUT2D eigenvalue weighted by atomic mass is 10.1. The molecule has 5 nitrogen and oxygen atoms in total. The molecule has 0 aromatic heterocycles. The fraction of sp³-hybridized carbons (Fsp3) is 1.00. The second-order valence-corrected chi connectivity index (χ2v) is 2.85. The van der Waals surface area contributed by atoms with Crippen LogP contribution in [0.15, 0.2) is 0 Å². The van der Waals surface area contributed by atoms with E-state index in [0.29, 0.717) is 0 Å². The number of aliphatic hydroxyl groups is 3. The van der Waals surface area contributed by atoms with Gasteiger partial charge in [0.25, 0.3) is 0 Å². The summed E-state index contributed by atoms with van der Waals surface area (Å²) in [5.41, 5.74) is 0. The second-order valence-electron chi connectivity index (χ2n) is 2.85. The predicted molar refractivity (Wildman–Crippen MR) is 39.4 cm³/mol. The highest BCUT2D eigenvalue weighted by atomic mass is 16.7. The van der Waals surface area contributed by atoms with Gasteiger partial charge in [-0.3, -0.25) is 0 Å². The van der Waals surface area contributed by atoms with Gasteiger partial charge in [0, 0.05) is 13.5 Å². The van der Waals surface area contributed by atoms with Gasteiger partial charge >= 0.3 is 0 Å². The van der Waals surface area contributed by atoms with Gasteiger partial charge in [-0.2, -0.15) is 0 Å². The summed E-state index contributed by atoms with van der Waals surface area (Å²) in [6.07, 6.45) is -1.05. The molecule has 12 heavy (non-hydrogen) atoms. The largest absolute Gasteiger partial charge is 0.394 e. The molecule has 3 N–H and O–H groups in total. The molecule has 1 aliphatic rings. The third kappa shape index (κ3) is 1.46. The lowest BCUT2D eigenvalue weighted by Crippen LogP contribution is -2.45. The smallest absolute Gasteiger partial charge is 0.218 e. The van der Waals surface area contributed by atoms with Crippen molar-refractivity contribution in [1.82, 2.24) is 0 Å². The molecular formula is C7H14O5. The van der Waals surface area contributed by atoms with Crippen LogP contribution in [0.4, 0.5) is 0 Å². The third-order valence-electron chi connectivity index (χ3n) is 2.13. The molecule has 0 radical (unpaired) electrons. The summed E-state index contributed by atoms with van der Waals surface area (Å²) >= 11 is 0. The molecular weight excluding hydrogens is 164 g/mol. The van der Waals surface area contributed by atoms with Gasteiger partial charge in [0.05, 0.1) is 19.3 Å². The average molecular weight is 178 g/mol. The van der Waals surface area contributed by atoms with E-state index in [0.717, 1.165) is 0 Å². The Labute approximate surface area is 70.5 Å². The molecule has 0 saturated carbocycles. The quantitative estimate of drug-likeness (QED) is 0.488. The molecule has 0 aromatic carbocycles. The van der Waals surface area contributed by atoms with Crippen LogP contribution >= 0.6 is 0 Å². The highest BCUT2D eigenvalue weighted by molar-refractivity contribution is 4.88. The van der Waals surface area contributed by atoms with Crippen LogP contribution in [-0.4, -0.2) is 53.6 Å². The molecule has 0 bridgehead atoms. The van der Waals surface area contributed by atoms with Gasteiger partial charge in [-0.25, -0.2) is 0 Å². The minimum Gasteiger partial charge on any atom is -0.394 e. The SMILES string of the molecule is CO[C@@]1(CO)O[C@H](CO)C[C@@H]1O. The van der Waals surface area contributed by atoms with Crippen molar-refractivity contribution in [3.63, 3.8) is 0 Å². The highest BCUT2D eigenvalue weighted by Gasteiger charge is 2.48. The number of rotatable bonds is 3. The van der Waals surface area contributed by atoms with Crippen LogP contribution < -0.4 is 0 Å². The van der Waals surface area contributed by atoms with Gasteiger partial charge in [0.1, 0.15) is 6.10 Å². The van der Waals surface area contributed by atoms with Gasteiger partial charge < -0.3 is 24.8 Å². The van der Waals surface area contributed by atoms with Crippen molar-refractivity contribution in [2.24, 2.45) is 0 Å². The normalized spacial score (nSPS) is 42.0. The van der Waals surface area contributed by atoms with Crippen LogP contribution in [-0.2, 0) is 9.47 Å². The van der Waals surface area contributed by atoms with E-state index in [-0.39, 0.29) is 13.0 Å². The van der Waals surface area contributed by atoms with Gasteiger partial charge in [-0.05, 0) is 0 Å². The van der Waals surface area contributed by atoms with Gasteiger partial charge in [-0.15, -0.1) is 0 Å². The Bertz CT molecular complexity index is 145. The number of ether oxygens (including phenoxy) is 2. The minimum atomic E-state index is -1.34. The zero-order valence-electron chi connectivity index (χ0n) is 6.93. The monoisotopic (exact) mass is 178 g/mol. The fourth-order valence-corrected chi connectivity index (χ4v) is 1.34. The predicted octanol–water partition coefficient (Wildman–Crippen LogP) is -1.54. The van der Waals surface area contributed by atoms with Crippen LogP contribution in [0.3, 0.4) is 0 Å². The molecule has 1 heterocycles. The Morgan fingerprint density at radius 1 is 1.58 bits per heavy atom. The molecule has 0 aliphatic carbocycles. The minimum absolute atomic E-state index is 0.178. The van der Waals surface area contributed by atoms with Crippen molar-refractivity contribution in [3.05, 3.63) is 0 Å². The molecule has 0 unspecified atom stereocenters. The molecule has 1 saturated heterocycles. The molecule has 0 spiro atoms. The molecule has 1 rings (SSSR count). The number of hydrogen-bond donors (Lipinski definition) is 3. The van der Waals surface area contributed by atoms with Crippen molar-refractivity contribution in [2.45, 2.75) is 24.4 Å².